The Labute approximate surface area is 229 Å². The zero-order valence-electron chi connectivity index (χ0n) is 22.1. The third kappa shape index (κ3) is 8.93. The number of ether oxygens (including phenoxy) is 1. The van der Waals surface area contributed by atoms with Gasteiger partial charge in [-0.15, -0.1) is 0 Å². The molecule has 0 unspecified atom stereocenters. The van der Waals surface area contributed by atoms with E-state index in [4.69, 9.17) is 15.0 Å². The minimum Gasteiger partial charge on any atom is -0.492 e. The Bertz CT molecular complexity index is 1230. The van der Waals surface area contributed by atoms with Gasteiger partial charge < -0.3 is 20.5 Å². The molecule has 0 aliphatic carbocycles. The summed E-state index contributed by atoms with van der Waals surface area (Å²) in [4.78, 5) is 27.1. The van der Waals surface area contributed by atoms with Crippen molar-refractivity contribution in [2.45, 2.75) is 44.6 Å². The number of aromatic nitrogens is 3. The first kappa shape index (κ1) is 27.8. The van der Waals surface area contributed by atoms with Gasteiger partial charge in [0, 0.05) is 25.3 Å². The van der Waals surface area contributed by atoms with E-state index in [1.165, 1.54) is 18.0 Å². The Morgan fingerprint density at radius 1 is 1.13 bits per heavy atom. The Kier molecular flexibility index (Phi) is 10.4. The molecule has 3 heterocycles. The van der Waals surface area contributed by atoms with Gasteiger partial charge in [0.1, 0.15) is 30.3 Å². The second-order valence-corrected chi connectivity index (χ2v) is 9.53. The Morgan fingerprint density at radius 2 is 1.95 bits per heavy atom. The van der Waals surface area contributed by atoms with Crippen molar-refractivity contribution in [1.29, 1.82) is 5.26 Å². The number of hydrogen-bond acceptors (Lipinski definition) is 9. The average molecular weight is 530 g/mol. The van der Waals surface area contributed by atoms with Crippen molar-refractivity contribution in [3.8, 4) is 11.8 Å². The third-order valence-corrected chi connectivity index (χ3v) is 6.64. The van der Waals surface area contributed by atoms with Crippen LogP contribution in [0.25, 0.3) is 0 Å². The summed E-state index contributed by atoms with van der Waals surface area (Å²) >= 11 is 0. The number of carboxylic acids is 1. The van der Waals surface area contributed by atoms with Gasteiger partial charge in [-0.3, -0.25) is 4.90 Å². The highest BCUT2D eigenvalue weighted by molar-refractivity contribution is 5.76. The van der Waals surface area contributed by atoms with Gasteiger partial charge in [0.05, 0.1) is 18.0 Å². The van der Waals surface area contributed by atoms with Crippen LogP contribution in [0, 0.1) is 11.3 Å². The molecule has 39 heavy (non-hydrogen) atoms. The van der Waals surface area contributed by atoms with Gasteiger partial charge in [-0.2, -0.15) is 5.26 Å². The Balaban J connectivity index is 1.29. The summed E-state index contributed by atoms with van der Waals surface area (Å²) in [7, 11) is 0. The van der Waals surface area contributed by atoms with Crippen molar-refractivity contribution >= 4 is 17.7 Å². The summed E-state index contributed by atoms with van der Waals surface area (Å²) in [6, 6.07) is 15.1. The first-order chi connectivity index (χ1) is 19.1. The SMILES string of the molecule is N#Cc1cnc(N[C@@H](CCN(CCCCc2ccc3c(n2)NCCC3)CCOc2ccccc2)C(=O)O)nc1. The summed E-state index contributed by atoms with van der Waals surface area (Å²) in [5.74, 6) is 1.05. The van der Waals surface area contributed by atoms with Gasteiger partial charge in [0.2, 0.25) is 5.95 Å². The number of hydrogen-bond donors (Lipinski definition) is 3. The number of benzene rings is 1. The number of nitrogens with one attached hydrogen (secondary N) is 2. The highest BCUT2D eigenvalue weighted by Crippen LogP contribution is 2.20. The predicted molar refractivity (Wildman–Crippen MR) is 149 cm³/mol. The van der Waals surface area contributed by atoms with Gasteiger partial charge >= 0.3 is 5.97 Å². The number of nitrogens with zero attached hydrogens (tertiary/aromatic N) is 5. The van der Waals surface area contributed by atoms with Crippen molar-refractivity contribution in [1.82, 2.24) is 19.9 Å². The van der Waals surface area contributed by atoms with Crippen molar-refractivity contribution in [3.63, 3.8) is 0 Å². The van der Waals surface area contributed by atoms with Crippen LogP contribution in [0.3, 0.4) is 0 Å². The van der Waals surface area contributed by atoms with Gasteiger partial charge in [-0.1, -0.05) is 24.3 Å². The monoisotopic (exact) mass is 529 g/mol. The van der Waals surface area contributed by atoms with Crippen molar-refractivity contribution in [3.05, 3.63) is 71.7 Å². The zero-order chi connectivity index (χ0) is 27.3. The van der Waals surface area contributed by atoms with Crippen LogP contribution < -0.4 is 15.4 Å². The molecule has 0 fully saturated rings. The molecule has 1 aromatic carbocycles. The highest BCUT2D eigenvalue weighted by atomic mass is 16.5. The van der Waals surface area contributed by atoms with Gasteiger partial charge in [-0.25, -0.2) is 19.7 Å². The highest BCUT2D eigenvalue weighted by Gasteiger charge is 2.20. The van der Waals surface area contributed by atoms with Gasteiger partial charge in [-0.05, 0) is 68.8 Å². The number of aryl methyl sites for hydroxylation is 2. The second-order valence-electron chi connectivity index (χ2n) is 9.53. The lowest BCUT2D eigenvalue weighted by Gasteiger charge is -2.24. The van der Waals surface area contributed by atoms with Crippen LogP contribution in [0.4, 0.5) is 11.8 Å². The minimum atomic E-state index is -0.976. The van der Waals surface area contributed by atoms with Crippen LogP contribution in [0.5, 0.6) is 5.75 Å². The largest absolute Gasteiger partial charge is 0.492 e. The van der Waals surface area contributed by atoms with Crippen molar-refractivity contribution in [2.75, 3.05) is 43.4 Å². The smallest absolute Gasteiger partial charge is 0.326 e. The van der Waals surface area contributed by atoms with Crippen LogP contribution in [0.2, 0.25) is 0 Å². The topological polar surface area (TPSA) is 136 Å². The lowest BCUT2D eigenvalue weighted by molar-refractivity contribution is -0.138. The number of fused-ring (bicyclic) bond motifs is 1. The maximum Gasteiger partial charge on any atom is 0.326 e. The number of aliphatic carboxylic acids is 1. The summed E-state index contributed by atoms with van der Waals surface area (Å²) in [6.45, 7) is 3.55. The van der Waals surface area contributed by atoms with Gasteiger partial charge in [0.25, 0.3) is 0 Å². The van der Waals surface area contributed by atoms with Crippen LogP contribution >= 0.6 is 0 Å². The Morgan fingerprint density at radius 3 is 2.72 bits per heavy atom. The van der Waals surface area contributed by atoms with E-state index in [1.54, 1.807) is 0 Å². The number of para-hydroxylation sites is 1. The van der Waals surface area contributed by atoms with E-state index in [0.717, 1.165) is 62.5 Å². The maximum atomic E-state index is 11.9. The van der Waals surface area contributed by atoms with Crippen LogP contribution in [-0.2, 0) is 17.6 Å². The number of unbranched alkanes of at least 4 members (excludes halogenated alkanes) is 1. The summed E-state index contributed by atoms with van der Waals surface area (Å²) in [5.41, 5.74) is 2.71. The normalized spacial score (nSPS) is 13.1. The Hall–Kier alpha value is -4.23. The molecular weight excluding hydrogens is 494 g/mol. The molecule has 204 valence electrons. The molecule has 0 saturated carbocycles. The molecule has 0 radical (unpaired) electrons. The van der Waals surface area contributed by atoms with E-state index in [2.05, 4.69) is 37.6 Å². The van der Waals surface area contributed by atoms with E-state index in [0.29, 0.717) is 31.7 Å². The van der Waals surface area contributed by atoms with E-state index < -0.39 is 12.0 Å². The standard InChI is InChI=1S/C29H35N7O3/c30-19-22-20-32-29(33-21-22)35-26(28(37)38)13-16-36(17-18-39-25-9-2-1-3-10-25)15-5-4-8-24-12-11-23-7-6-14-31-27(23)34-24/h1-3,9-12,20-21,26H,4-8,13-18H2,(H,31,34)(H,37,38)(H,32,33,35)/t26-/m0/s1. The minimum absolute atomic E-state index is 0.187. The fourth-order valence-corrected chi connectivity index (χ4v) is 4.48. The first-order valence-electron chi connectivity index (χ1n) is 13.4. The fraction of sp³-hybridized carbons (Fsp3) is 0.414. The van der Waals surface area contributed by atoms with Gasteiger partial charge in [0.15, 0.2) is 0 Å². The van der Waals surface area contributed by atoms with Crippen LogP contribution in [-0.4, -0.2) is 69.8 Å². The molecule has 4 rings (SSSR count). The maximum absolute atomic E-state index is 11.9. The molecule has 1 aliphatic heterocycles. The lowest BCUT2D eigenvalue weighted by atomic mass is 10.1. The molecule has 0 amide bonds. The number of carboxylic acid groups (broad SMARTS) is 1. The number of rotatable bonds is 15. The molecule has 3 N–H and O–H groups in total. The predicted octanol–water partition coefficient (Wildman–Crippen LogP) is 3.76. The van der Waals surface area contributed by atoms with Crippen LogP contribution in [0.1, 0.15) is 42.5 Å². The lowest BCUT2D eigenvalue weighted by Crippen LogP contribution is -2.37. The number of carbonyl (C=O) groups is 1. The molecule has 3 aromatic rings. The molecular formula is C29H35N7O3. The quantitative estimate of drug-likeness (QED) is 0.250. The van der Waals surface area contributed by atoms with E-state index in [9.17, 15) is 9.90 Å². The third-order valence-electron chi connectivity index (χ3n) is 6.64. The van der Waals surface area contributed by atoms with Crippen LogP contribution in [0.15, 0.2) is 54.9 Å². The molecule has 1 atom stereocenters. The summed E-state index contributed by atoms with van der Waals surface area (Å²) in [5, 5.41) is 25.0. The second kappa shape index (κ2) is 14.6. The summed E-state index contributed by atoms with van der Waals surface area (Å²) < 4.78 is 5.90. The number of nitriles is 1. The zero-order valence-corrected chi connectivity index (χ0v) is 22.1. The van der Waals surface area contributed by atoms with Crippen molar-refractivity contribution < 1.29 is 14.6 Å². The molecule has 0 spiro atoms. The fourth-order valence-electron chi connectivity index (χ4n) is 4.48. The molecule has 2 aromatic heterocycles. The molecule has 10 heteroatoms. The molecule has 0 saturated heterocycles. The number of anilines is 2. The van der Waals surface area contributed by atoms with Crippen molar-refractivity contribution in [2.24, 2.45) is 0 Å². The first-order valence-corrected chi connectivity index (χ1v) is 13.4. The molecule has 10 nitrogen and oxygen atoms in total. The molecule has 0 bridgehead atoms. The number of pyridine rings is 1. The van der Waals surface area contributed by atoms with E-state index in [1.807, 2.05) is 36.4 Å². The van der Waals surface area contributed by atoms with E-state index in [-0.39, 0.29) is 5.95 Å². The van der Waals surface area contributed by atoms with E-state index >= 15 is 0 Å². The summed E-state index contributed by atoms with van der Waals surface area (Å²) in [6.07, 6.45) is 8.18. The average Bonchev–Trinajstić information content (AvgIpc) is 2.97. The molecule has 1 aliphatic rings.